The summed E-state index contributed by atoms with van der Waals surface area (Å²) in [6.07, 6.45) is 9.32. The average molecular weight is 400 g/mol. The smallest absolute Gasteiger partial charge is 0.272 e. The Morgan fingerprint density at radius 1 is 1.31 bits per heavy atom. The lowest BCUT2D eigenvalue weighted by Gasteiger charge is -2.39. The van der Waals surface area contributed by atoms with E-state index in [0.29, 0.717) is 23.2 Å². The molecule has 1 aliphatic carbocycles. The van der Waals surface area contributed by atoms with Gasteiger partial charge in [-0.05, 0) is 75.0 Å². The fourth-order valence-corrected chi connectivity index (χ4v) is 5.37. The predicted molar refractivity (Wildman–Crippen MR) is 110 cm³/mol. The van der Waals surface area contributed by atoms with Gasteiger partial charge in [0.1, 0.15) is 5.69 Å². The van der Waals surface area contributed by atoms with Gasteiger partial charge in [0.05, 0.1) is 12.0 Å². The van der Waals surface area contributed by atoms with E-state index in [1.165, 1.54) is 6.42 Å². The van der Waals surface area contributed by atoms with Gasteiger partial charge in [0, 0.05) is 24.3 Å². The number of amides is 2. The third-order valence-corrected chi connectivity index (χ3v) is 7.26. The minimum absolute atomic E-state index is 0.0570. The molecule has 3 atom stereocenters. The minimum atomic E-state index is -0.479. The van der Waals surface area contributed by atoms with Crippen molar-refractivity contribution in [2.24, 2.45) is 11.3 Å². The van der Waals surface area contributed by atoms with E-state index >= 15 is 0 Å². The molecule has 29 heavy (non-hydrogen) atoms. The van der Waals surface area contributed by atoms with Gasteiger partial charge in [-0.3, -0.25) is 14.6 Å². The molecule has 3 heterocycles. The van der Waals surface area contributed by atoms with E-state index in [2.05, 4.69) is 24.1 Å². The van der Waals surface area contributed by atoms with E-state index in [-0.39, 0.29) is 30.5 Å². The fourth-order valence-electron chi connectivity index (χ4n) is 5.37. The van der Waals surface area contributed by atoms with Crippen molar-refractivity contribution in [3.63, 3.8) is 0 Å². The topological polar surface area (TPSA) is 82.5 Å². The summed E-state index contributed by atoms with van der Waals surface area (Å²) in [5.41, 5.74) is 0.573. The number of hydrogen-bond donors (Lipinski definition) is 2. The highest BCUT2D eigenvalue weighted by Gasteiger charge is 2.61. The van der Waals surface area contributed by atoms with Crippen molar-refractivity contribution in [1.29, 1.82) is 0 Å². The van der Waals surface area contributed by atoms with Crippen LogP contribution < -0.4 is 5.32 Å². The Labute approximate surface area is 173 Å². The average Bonchev–Trinajstić information content (AvgIpc) is 3.25. The molecule has 2 N–H and O–H groups in total. The van der Waals surface area contributed by atoms with Crippen molar-refractivity contribution < 1.29 is 14.7 Å². The van der Waals surface area contributed by atoms with Crippen molar-refractivity contribution in [3.8, 4) is 0 Å². The first kappa shape index (κ1) is 20.3. The number of carbonyl (C=O) groups excluding carboxylic acids is 2. The predicted octanol–water partition coefficient (Wildman–Crippen LogP) is 3.04. The Kier molecular flexibility index (Phi) is 5.65. The van der Waals surface area contributed by atoms with E-state index < -0.39 is 5.41 Å². The SMILES string of the molecule is CC(C)CC[C@]1(C(=O)NC2CCC2)C[C@H]2CC[C@@H]1N2C(=O)c1cc(CO)ccn1. The highest BCUT2D eigenvalue weighted by molar-refractivity contribution is 5.95. The van der Waals surface area contributed by atoms with Crippen molar-refractivity contribution in [2.75, 3.05) is 0 Å². The molecule has 2 bridgehead atoms. The number of aliphatic hydroxyl groups excluding tert-OH is 1. The first-order valence-corrected chi connectivity index (χ1v) is 11.1. The van der Waals surface area contributed by atoms with Crippen LogP contribution in [0.3, 0.4) is 0 Å². The van der Waals surface area contributed by atoms with Crippen LogP contribution in [0.15, 0.2) is 18.3 Å². The van der Waals surface area contributed by atoms with Crippen molar-refractivity contribution in [2.45, 2.75) is 89.9 Å². The molecule has 0 radical (unpaired) electrons. The fraction of sp³-hybridized carbons (Fsp3) is 0.696. The van der Waals surface area contributed by atoms with E-state index in [9.17, 15) is 14.7 Å². The Morgan fingerprint density at radius 3 is 2.76 bits per heavy atom. The number of pyridine rings is 1. The van der Waals surface area contributed by atoms with Crippen LogP contribution in [0.25, 0.3) is 0 Å². The summed E-state index contributed by atoms with van der Waals surface area (Å²) in [6.45, 7) is 4.27. The zero-order valence-electron chi connectivity index (χ0n) is 17.6. The van der Waals surface area contributed by atoms with Crippen LogP contribution >= 0.6 is 0 Å². The molecule has 2 amide bonds. The molecule has 1 aromatic rings. The monoisotopic (exact) mass is 399 g/mol. The van der Waals surface area contributed by atoms with Gasteiger partial charge in [0.2, 0.25) is 5.91 Å². The molecule has 3 fully saturated rings. The second-order valence-electron chi connectivity index (χ2n) is 9.56. The van der Waals surface area contributed by atoms with Gasteiger partial charge >= 0.3 is 0 Å². The molecular formula is C23H33N3O3. The Balaban J connectivity index is 1.60. The van der Waals surface area contributed by atoms with E-state index in [4.69, 9.17) is 0 Å². The maximum absolute atomic E-state index is 13.5. The van der Waals surface area contributed by atoms with Gasteiger partial charge < -0.3 is 15.3 Å². The molecule has 2 aliphatic heterocycles. The summed E-state index contributed by atoms with van der Waals surface area (Å²) in [5, 5.41) is 12.7. The standard InChI is InChI=1S/C23H33N3O3/c1-15(2)8-10-23(22(29)25-17-4-3-5-17)13-18-6-7-20(23)26(18)21(28)19-12-16(14-27)9-11-24-19/h9,11-12,15,17-18,20,27H,3-8,10,13-14H2,1-2H3,(H,25,29)/t18-,20+,23+/m1/s1. The number of carbonyl (C=O) groups is 2. The number of hydrogen-bond acceptors (Lipinski definition) is 4. The molecule has 0 aromatic carbocycles. The molecule has 1 aromatic heterocycles. The highest BCUT2D eigenvalue weighted by atomic mass is 16.3. The van der Waals surface area contributed by atoms with Crippen LogP contribution in [-0.2, 0) is 11.4 Å². The zero-order valence-corrected chi connectivity index (χ0v) is 17.6. The lowest BCUT2D eigenvalue weighted by molar-refractivity contribution is -0.134. The second kappa shape index (κ2) is 8.05. The van der Waals surface area contributed by atoms with Crippen LogP contribution in [0.1, 0.15) is 81.3 Å². The third kappa shape index (κ3) is 3.67. The number of nitrogens with zero attached hydrogens (tertiary/aromatic N) is 2. The summed E-state index contributed by atoms with van der Waals surface area (Å²) in [5.74, 6) is 0.579. The van der Waals surface area contributed by atoms with Gasteiger partial charge in [-0.15, -0.1) is 0 Å². The lowest BCUT2D eigenvalue weighted by Crippen LogP contribution is -2.53. The van der Waals surface area contributed by atoms with E-state index in [1.807, 2.05) is 4.90 Å². The second-order valence-corrected chi connectivity index (χ2v) is 9.56. The number of aliphatic hydroxyl groups is 1. The van der Waals surface area contributed by atoms with Gasteiger partial charge in [-0.1, -0.05) is 13.8 Å². The molecule has 0 unspecified atom stereocenters. The van der Waals surface area contributed by atoms with Crippen LogP contribution in [-0.4, -0.2) is 44.9 Å². The van der Waals surface area contributed by atoms with Gasteiger partial charge in [-0.25, -0.2) is 0 Å². The van der Waals surface area contributed by atoms with E-state index in [1.54, 1.807) is 18.3 Å². The number of rotatable bonds is 7. The zero-order chi connectivity index (χ0) is 20.6. The molecule has 4 rings (SSSR count). The van der Waals surface area contributed by atoms with Crippen LogP contribution in [0.5, 0.6) is 0 Å². The van der Waals surface area contributed by atoms with Gasteiger partial charge in [-0.2, -0.15) is 0 Å². The molecule has 2 saturated heterocycles. The molecular weight excluding hydrogens is 366 g/mol. The number of fused-ring (bicyclic) bond motifs is 2. The number of aromatic nitrogens is 1. The maximum Gasteiger partial charge on any atom is 0.272 e. The van der Waals surface area contributed by atoms with Crippen LogP contribution in [0.2, 0.25) is 0 Å². The Hall–Kier alpha value is -1.95. The molecule has 6 heteroatoms. The summed E-state index contributed by atoms with van der Waals surface area (Å²) in [7, 11) is 0. The highest BCUT2D eigenvalue weighted by Crippen LogP contribution is 2.53. The Bertz CT molecular complexity index is 776. The van der Waals surface area contributed by atoms with Crippen molar-refractivity contribution in [3.05, 3.63) is 29.6 Å². The summed E-state index contributed by atoms with van der Waals surface area (Å²) in [4.78, 5) is 33.1. The molecule has 1 saturated carbocycles. The van der Waals surface area contributed by atoms with Crippen molar-refractivity contribution >= 4 is 11.8 Å². The lowest BCUT2D eigenvalue weighted by atomic mass is 9.69. The minimum Gasteiger partial charge on any atom is -0.392 e. The first-order chi connectivity index (χ1) is 13.9. The van der Waals surface area contributed by atoms with Crippen molar-refractivity contribution in [1.82, 2.24) is 15.2 Å². The quantitative estimate of drug-likeness (QED) is 0.738. The van der Waals surface area contributed by atoms with Crippen LogP contribution in [0.4, 0.5) is 0 Å². The largest absolute Gasteiger partial charge is 0.392 e. The number of nitrogens with one attached hydrogen (secondary N) is 1. The first-order valence-electron chi connectivity index (χ1n) is 11.1. The van der Waals surface area contributed by atoms with Gasteiger partial charge in [0.15, 0.2) is 0 Å². The van der Waals surface area contributed by atoms with E-state index in [0.717, 1.165) is 44.9 Å². The molecule has 0 spiro atoms. The molecule has 6 nitrogen and oxygen atoms in total. The Morgan fingerprint density at radius 2 is 2.10 bits per heavy atom. The summed E-state index contributed by atoms with van der Waals surface area (Å²) in [6, 6.07) is 3.74. The molecule has 3 aliphatic rings. The van der Waals surface area contributed by atoms with Gasteiger partial charge in [0.25, 0.3) is 5.91 Å². The molecule has 158 valence electrons. The normalized spacial score (nSPS) is 28.6. The van der Waals surface area contributed by atoms with Crippen LogP contribution in [0, 0.1) is 11.3 Å². The maximum atomic E-state index is 13.5. The summed E-state index contributed by atoms with van der Waals surface area (Å²) < 4.78 is 0. The summed E-state index contributed by atoms with van der Waals surface area (Å²) >= 11 is 0. The third-order valence-electron chi connectivity index (χ3n) is 7.26.